The summed E-state index contributed by atoms with van der Waals surface area (Å²) >= 11 is 0. The van der Waals surface area contributed by atoms with E-state index in [9.17, 15) is 0 Å². The lowest BCUT2D eigenvalue weighted by Gasteiger charge is -2.40. The molecule has 0 radical (unpaired) electrons. The Kier molecular flexibility index (Phi) is 74.0. The summed E-state index contributed by atoms with van der Waals surface area (Å²) in [5, 5.41) is 8.93. The molecule has 0 atom stereocenters. The quantitative estimate of drug-likeness (QED) is 0.0440. The summed E-state index contributed by atoms with van der Waals surface area (Å²) in [4.78, 5) is 0. The maximum Gasteiger partial charge on any atom is 0.0786 e. The predicted octanol–water partition coefficient (Wildman–Crippen LogP) is 18.9. The molecule has 0 spiro atoms. The van der Waals surface area contributed by atoms with E-state index < -0.39 is 0 Å². The number of quaternary nitrogens is 2. The Morgan fingerprint density at radius 2 is 0.257 bits per heavy atom. The lowest BCUT2D eigenvalue weighted by atomic mass is 10.0. The van der Waals surface area contributed by atoms with Crippen LogP contribution in [0.4, 0.5) is 0 Å². The minimum absolute atomic E-state index is 0. The minimum Gasteiger partial charge on any atom is -1.00 e. The Morgan fingerprint density at radius 3 is 0.357 bits per heavy atom. The third-order valence-corrected chi connectivity index (χ3v) is 15.9. The van der Waals surface area contributed by atoms with Crippen molar-refractivity contribution < 1.29 is 31.1 Å². The Morgan fingerprint density at radius 1 is 0.171 bits per heavy atom. The van der Waals surface area contributed by atoms with Crippen molar-refractivity contribution >= 4 is 0 Å². The van der Waals surface area contributed by atoms with E-state index in [1.54, 1.807) is 6.92 Å². The van der Waals surface area contributed by atoms with Crippen molar-refractivity contribution in [2.45, 2.75) is 371 Å². The average Bonchev–Trinajstić information content (AvgIpc) is 3.35. The Balaban J connectivity index is -0.000000581. The molecule has 0 heterocycles. The molecule has 0 rings (SSSR count). The molecule has 0 unspecified atom stereocenters. The molecule has 0 aliphatic heterocycles. The Labute approximate surface area is 458 Å². The van der Waals surface area contributed by atoms with Crippen LogP contribution in [0.3, 0.4) is 0 Å². The van der Waals surface area contributed by atoms with Crippen molar-refractivity contribution in [3.63, 3.8) is 0 Å². The second-order valence-corrected chi connectivity index (χ2v) is 22.9. The summed E-state index contributed by atoms with van der Waals surface area (Å²) in [5.74, 6) is 0. The zero-order valence-corrected chi connectivity index (χ0v) is 52.6. The minimum atomic E-state index is 0. The molecular formula is C66H141BrN2O. The highest BCUT2D eigenvalue weighted by Crippen LogP contribution is 2.23. The van der Waals surface area contributed by atoms with Gasteiger partial charge < -0.3 is 31.1 Å². The molecule has 4 heteroatoms. The van der Waals surface area contributed by atoms with Crippen molar-refractivity contribution in [1.29, 1.82) is 0 Å². The molecule has 0 N–H and O–H groups in total. The third kappa shape index (κ3) is 59.2. The molecule has 0 bridgehead atoms. The molecule has 0 aromatic rings. The zero-order valence-electron chi connectivity index (χ0n) is 51.0. The van der Waals surface area contributed by atoms with Crippen LogP contribution < -0.4 is 22.1 Å². The topological polar surface area (TPSA) is 23.1 Å². The van der Waals surface area contributed by atoms with E-state index >= 15 is 0 Å². The van der Waals surface area contributed by atoms with Crippen LogP contribution in [0.1, 0.15) is 371 Å². The SMILES string of the molecule is CCCCCCCC[N+](CCCCCCCC)(CCCCCCCC)CCCCCCCC.CCCCCCCC[N+](CCCCCCCC)(CCCCCCCC)CCCCCCCC.CC[O-].[Br-]. The smallest absolute Gasteiger partial charge is 0.0786 e. The Hall–Kier alpha value is 0.360. The van der Waals surface area contributed by atoms with Crippen LogP contribution in [0.2, 0.25) is 0 Å². The molecule has 0 aromatic heterocycles. The molecule has 0 saturated heterocycles. The lowest BCUT2D eigenvalue weighted by molar-refractivity contribution is -0.929. The molecule has 3 nitrogen and oxygen atoms in total. The Bertz CT molecular complexity index is 660. The highest BCUT2D eigenvalue weighted by molar-refractivity contribution is 4.57. The molecule has 0 amide bonds. The van der Waals surface area contributed by atoms with Gasteiger partial charge in [-0.2, -0.15) is 0 Å². The zero-order chi connectivity index (χ0) is 51.3. The number of halogens is 1. The summed E-state index contributed by atoms with van der Waals surface area (Å²) in [6, 6.07) is 0. The maximum atomic E-state index is 8.93. The van der Waals surface area contributed by atoms with Crippen molar-refractivity contribution in [2.75, 3.05) is 59.0 Å². The van der Waals surface area contributed by atoms with Crippen molar-refractivity contribution in [1.82, 2.24) is 0 Å². The average molecular weight is 1060 g/mol. The highest BCUT2D eigenvalue weighted by atomic mass is 79.9. The van der Waals surface area contributed by atoms with Gasteiger partial charge in [0.1, 0.15) is 0 Å². The molecule has 0 fully saturated rings. The van der Waals surface area contributed by atoms with Crippen molar-refractivity contribution in [3.8, 4) is 0 Å². The summed E-state index contributed by atoms with van der Waals surface area (Å²) in [6.45, 7) is 32.1. The van der Waals surface area contributed by atoms with Gasteiger partial charge in [0.25, 0.3) is 0 Å². The van der Waals surface area contributed by atoms with E-state index in [0.717, 1.165) is 0 Å². The first-order valence-corrected chi connectivity index (χ1v) is 33.2. The number of hydrogen-bond donors (Lipinski definition) is 0. The molecule has 0 saturated carbocycles. The lowest BCUT2D eigenvalue weighted by Crippen LogP contribution is -3.00. The maximum absolute atomic E-state index is 8.93. The normalized spacial score (nSPS) is 11.6. The van der Waals surface area contributed by atoms with Gasteiger partial charge in [0.05, 0.1) is 52.4 Å². The fourth-order valence-corrected chi connectivity index (χ4v) is 11.2. The summed E-state index contributed by atoms with van der Waals surface area (Å²) in [7, 11) is 0. The number of nitrogens with zero attached hydrogens (tertiary/aromatic N) is 2. The van der Waals surface area contributed by atoms with Gasteiger partial charge in [-0.25, -0.2) is 0 Å². The van der Waals surface area contributed by atoms with Gasteiger partial charge in [0, 0.05) is 0 Å². The summed E-state index contributed by atoms with van der Waals surface area (Å²) in [5.41, 5.74) is 0. The van der Waals surface area contributed by atoms with Gasteiger partial charge >= 0.3 is 0 Å². The summed E-state index contributed by atoms with van der Waals surface area (Å²) in [6.07, 6.45) is 69.5. The van der Waals surface area contributed by atoms with Gasteiger partial charge in [-0.15, -0.1) is 6.61 Å². The first-order valence-electron chi connectivity index (χ1n) is 33.2. The van der Waals surface area contributed by atoms with Crippen LogP contribution in [0.5, 0.6) is 0 Å². The summed E-state index contributed by atoms with van der Waals surface area (Å²) < 4.78 is 2.95. The van der Waals surface area contributed by atoms with Gasteiger partial charge in [-0.3, -0.25) is 0 Å². The van der Waals surface area contributed by atoms with Crippen LogP contribution in [0.25, 0.3) is 0 Å². The van der Waals surface area contributed by atoms with E-state index in [0.29, 0.717) is 0 Å². The second kappa shape index (κ2) is 67.4. The van der Waals surface area contributed by atoms with Crippen molar-refractivity contribution in [3.05, 3.63) is 0 Å². The largest absolute Gasteiger partial charge is 1.00 e. The number of hydrogen-bond acceptors (Lipinski definition) is 1. The van der Waals surface area contributed by atoms with Crippen LogP contribution in [0, 0.1) is 0 Å². The molecular weight excluding hydrogens is 917 g/mol. The predicted molar refractivity (Wildman–Crippen MR) is 317 cm³/mol. The van der Waals surface area contributed by atoms with Gasteiger partial charge in [-0.05, 0) is 103 Å². The van der Waals surface area contributed by atoms with Gasteiger partial charge in [-0.1, -0.05) is 268 Å². The monoisotopic (exact) mass is 1060 g/mol. The van der Waals surface area contributed by atoms with E-state index in [1.807, 2.05) is 0 Å². The molecule has 428 valence electrons. The van der Waals surface area contributed by atoms with E-state index in [2.05, 4.69) is 55.4 Å². The van der Waals surface area contributed by atoms with Gasteiger partial charge in [0.2, 0.25) is 0 Å². The second-order valence-electron chi connectivity index (χ2n) is 22.9. The van der Waals surface area contributed by atoms with Crippen LogP contribution in [0.15, 0.2) is 0 Å². The van der Waals surface area contributed by atoms with E-state index in [-0.39, 0.29) is 23.6 Å². The molecule has 0 aliphatic rings. The van der Waals surface area contributed by atoms with Gasteiger partial charge in [0.15, 0.2) is 0 Å². The standard InChI is InChI=1S/2C32H68N.C2H5O.BrH/c2*1-5-9-13-17-21-25-29-33(30-26-22-18-14-10-6-2,31-27-23-19-15-11-7-3)32-28-24-20-16-12-8-4;1-2-3;/h2*5-32H2,1-4H3;2H2,1H3;1H/q2*+1;-1;/p-1. The fourth-order valence-electron chi connectivity index (χ4n) is 11.2. The molecule has 0 aliphatic carbocycles. The van der Waals surface area contributed by atoms with E-state index in [4.69, 9.17) is 5.11 Å². The molecule has 0 aromatic carbocycles. The molecule has 70 heavy (non-hydrogen) atoms. The van der Waals surface area contributed by atoms with Crippen molar-refractivity contribution in [2.24, 2.45) is 0 Å². The third-order valence-electron chi connectivity index (χ3n) is 15.9. The number of unbranched alkanes of at least 4 members (excludes halogenated alkanes) is 40. The highest BCUT2D eigenvalue weighted by Gasteiger charge is 2.27. The first kappa shape index (κ1) is 76.9. The fraction of sp³-hybridized carbons (Fsp3) is 1.00. The van der Waals surface area contributed by atoms with Crippen LogP contribution in [-0.4, -0.2) is 67.9 Å². The van der Waals surface area contributed by atoms with E-state index in [1.165, 1.54) is 370 Å². The number of rotatable bonds is 56. The van der Waals surface area contributed by atoms with Crippen LogP contribution in [-0.2, 0) is 0 Å². The first-order chi connectivity index (χ1) is 33.9. The van der Waals surface area contributed by atoms with Crippen LogP contribution >= 0.6 is 0 Å².